The molecule has 0 bridgehead atoms. The van der Waals surface area contributed by atoms with E-state index in [4.69, 9.17) is 4.74 Å². The van der Waals surface area contributed by atoms with Gasteiger partial charge in [0.05, 0.1) is 6.10 Å². The molecule has 0 spiro atoms. The Bertz CT molecular complexity index is 380. The maximum absolute atomic E-state index is 5.55. The van der Waals surface area contributed by atoms with Crippen molar-refractivity contribution in [2.24, 2.45) is 0 Å². The van der Waals surface area contributed by atoms with Crippen LogP contribution in [0.1, 0.15) is 11.1 Å². The number of methoxy groups -OCH3 is 1. The fourth-order valence-electron chi connectivity index (χ4n) is 2.09. The van der Waals surface area contributed by atoms with Crippen LogP contribution in [0.15, 0.2) is 30.3 Å². The summed E-state index contributed by atoms with van der Waals surface area (Å²) in [6, 6.07) is 8.67. The van der Waals surface area contributed by atoms with Crippen LogP contribution in [0.5, 0.6) is 0 Å². The standard InChI is InChI=1S/C14H19NO/c1-11-4-6-12(7-5-11)13-8-9-15(2)10-14(13)16-3/h4-8,14H,9-10H2,1-3H3. The van der Waals surface area contributed by atoms with Gasteiger partial charge in [-0.25, -0.2) is 0 Å². The third-order valence-electron chi connectivity index (χ3n) is 3.12. The first-order valence-corrected chi connectivity index (χ1v) is 5.69. The fraction of sp³-hybridized carbons (Fsp3) is 0.429. The molecule has 16 heavy (non-hydrogen) atoms. The van der Waals surface area contributed by atoms with Crippen molar-refractivity contribution in [2.45, 2.75) is 13.0 Å². The first-order chi connectivity index (χ1) is 7.70. The lowest BCUT2D eigenvalue weighted by Gasteiger charge is -2.29. The van der Waals surface area contributed by atoms with Gasteiger partial charge in [0.2, 0.25) is 0 Å². The van der Waals surface area contributed by atoms with Crippen LogP contribution in [-0.2, 0) is 4.74 Å². The molecule has 0 N–H and O–H groups in total. The van der Waals surface area contributed by atoms with Gasteiger partial charge in [-0.1, -0.05) is 35.9 Å². The average molecular weight is 217 g/mol. The van der Waals surface area contributed by atoms with Crippen molar-refractivity contribution in [3.05, 3.63) is 41.5 Å². The van der Waals surface area contributed by atoms with Crippen LogP contribution in [0.4, 0.5) is 0 Å². The summed E-state index contributed by atoms with van der Waals surface area (Å²) in [7, 11) is 3.90. The maximum Gasteiger partial charge on any atom is 0.0951 e. The van der Waals surface area contributed by atoms with E-state index < -0.39 is 0 Å². The van der Waals surface area contributed by atoms with Crippen molar-refractivity contribution in [3.63, 3.8) is 0 Å². The van der Waals surface area contributed by atoms with E-state index in [1.165, 1.54) is 16.7 Å². The molecule has 0 aliphatic carbocycles. The summed E-state index contributed by atoms with van der Waals surface area (Å²) in [4.78, 5) is 2.27. The SMILES string of the molecule is COC1CN(C)CC=C1c1ccc(C)cc1. The van der Waals surface area contributed by atoms with Crippen molar-refractivity contribution in [1.29, 1.82) is 0 Å². The van der Waals surface area contributed by atoms with E-state index in [1.807, 2.05) is 0 Å². The monoisotopic (exact) mass is 217 g/mol. The first kappa shape index (κ1) is 11.4. The first-order valence-electron chi connectivity index (χ1n) is 5.69. The molecule has 0 fully saturated rings. The van der Waals surface area contributed by atoms with Crippen LogP contribution in [0.25, 0.3) is 5.57 Å². The number of ether oxygens (including phenoxy) is 1. The lowest BCUT2D eigenvalue weighted by molar-refractivity contribution is 0.111. The lowest BCUT2D eigenvalue weighted by Crippen LogP contribution is -2.35. The molecule has 0 saturated heterocycles. The minimum Gasteiger partial charge on any atom is -0.375 e. The summed E-state index contributed by atoms with van der Waals surface area (Å²) < 4.78 is 5.55. The van der Waals surface area contributed by atoms with Crippen molar-refractivity contribution in [1.82, 2.24) is 4.90 Å². The van der Waals surface area contributed by atoms with Crippen LogP contribution in [0.2, 0.25) is 0 Å². The average Bonchev–Trinajstić information content (AvgIpc) is 2.30. The largest absolute Gasteiger partial charge is 0.375 e. The van der Waals surface area contributed by atoms with Crippen LogP contribution >= 0.6 is 0 Å². The maximum atomic E-state index is 5.55. The van der Waals surface area contributed by atoms with E-state index in [9.17, 15) is 0 Å². The third kappa shape index (κ3) is 2.34. The van der Waals surface area contributed by atoms with Gasteiger partial charge in [-0.3, -0.25) is 4.90 Å². The number of aryl methyl sites for hydroxylation is 1. The number of likely N-dealkylation sites (N-methyl/N-ethyl adjacent to an activating group) is 1. The Labute approximate surface area is 97.5 Å². The molecule has 0 radical (unpaired) electrons. The van der Waals surface area contributed by atoms with Crippen molar-refractivity contribution < 1.29 is 4.74 Å². The highest BCUT2D eigenvalue weighted by Gasteiger charge is 2.21. The van der Waals surface area contributed by atoms with E-state index in [-0.39, 0.29) is 6.10 Å². The van der Waals surface area contributed by atoms with E-state index in [0.29, 0.717) is 0 Å². The Hall–Kier alpha value is -1.12. The summed E-state index contributed by atoms with van der Waals surface area (Å²) in [5.74, 6) is 0. The smallest absolute Gasteiger partial charge is 0.0951 e. The number of hydrogen-bond donors (Lipinski definition) is 0. The molecule has 0 aromatic heterocycles. The van der Waals surface area contributed by atoms with Gasteiger partial charge in [0.25, 0.3) is 0 Å². The number of nitrogens with zero attached hydrogens (tertiary/aromatic N) is 1. The molecule has 0 amide bonds. The van der Waals surface area contributed by atoms with Crippen molar-refractivity contribution in [3.8, 4) is 0 Å². The lowest BCUT2D eigenvalue weighted by atomic mass is 9.96. The molecule has 2 nitrogen and oxygen atoms in total. The van der Waals surface area contributed by atoms with Crippen LogP contribution in [0.3, 0.4) is 0 Å². The van der Waals surface area contributed by atoms with Gasteiger partial charge >= 0.3 is 0 Å². The Morgan fingerprint density at radius 1 is 1.25 bits per heavy atom. The highest BCUT2D eigenvalue weighted by atomic mass is 16.5. The molecule has 0 saturated carbocycles. The topological polar surface area (TPSA) is 12.5 Å². The van der Waals surface area contributed by atoms with Gasteiger partial charge in [-0.05, 0) is 25.1 Å². The molecule has 1 heterocycles. The molecule has 1 aliphatic heterocycles. The zero-order valence-corrected chi connectivity index (χ0v) is 10.2. The van der Waals surface area contributed by atoms with E-state index in [2.05, 4.69) is 49.2 Å². The van der Waals surface area contributed by atoms with Gasteiger partial charge in [0.15, 0.2) is 0 Å². The Morgan fingerprint density at radius 2 is 1.94 bits per heavy atom. The van der Waals surface area contributed by atoms with Crippen LogP contribution in [0, 0.1) is 6.92 Å². The molecular formula is C14H19NO. The zero-order chi connectivity index (χ0) is 11.5. The Balaban J connectivity index is 2.28. The molecule has 1 aromatic rings. The molecule has 2 heteroatoms. The molecule has 1 unspecified atom stereocenters. The second-order valence-corrected chi connectivity index (χ2v) is 4.47. The highest BCUT2D eigenvalue weighted by molar-refractivity contribution is 5.70. The summed E-state index contributed by atoms with van der Waals surface area (Å²) in [6.45, 7) is 4.08. The zero-order valence-electron chi connectivity index (χ0n) is 10.2. The normalized spacial score (nSPS) is 21.9. The second kappa shape index (κ2) is 4.81. The Kier molecular flexibility index (Phi) is 3.42. The summed E-state index contributed by atoms with van der Waals surface area (Å²) >= 11 is 0. The summed E-state index contributed by atoms with van der Waals surface area (Å²) in [6.07, 6.45) is 2.46. The number of hydrogen-bond acceptors (Lipinski definition) is 2. The van der Waals surface area contributed by atoms with Crippen LogP contribution in [-0.4, -0.2) is 38.3 Å². The van der Waals surface area contributed by atoms with Gasteiger partial charge in [0.1, 0.15) is 0 Å². The Morgan fingerprint density at radius 3 is 2.56 bits per heavy atom. The minimum atomic E-state index is 0.196. The van der Waals surface area contributed by atoms with E-state index in [0.717, 1.165) is 13.1 Å². The van der Waals surface area contributed by atoms with Crippen molar-refractivity contribution >= 4 is 5.57 Å². The molecule has 1 atom stereocenters. The predicted molar refractivity (Wildman–Crippen MR) is 67.5 cm³/mol. The van der Waals surface area contributed by atoms with Crippen molar-refractivity contribution in [2.75, 3.05) is 27.2 Å². The fourth-order valence-corrected chi connectivity index (χ4v) is 2.09. The molecule has 2 rings (SSSR count). The third-order valence-corrected chi connectivity index (χ3v) is 3.12. The van der Waals surface area contributed by atoms with Gasteiger partial charge in [-0.2, -0.15) is 0 Å². The predicted octanol–water partition coefficient (Wildman–Crippen LogP) is 2.34. The van der Waals surface area contributed by atoms with Gasteiger partial charge in [0, 0.05) is 20.2 Å². The molecule has 1 aromatic carbocycles. The summed E-state index contributed by atoms with van der Waals surface area (Å²) in [5.41, 5.74) is 3.90. The van der Waals surface area contributed by atoms with E-state index in [1.54, 1.807) is 7.11 Å². The molecule has 86 valence electrons. The second-order valence-electron chi connectivity index (χ2n) is 4.47. The quantitative estimate of drug-likeness (QED) is 0.754. The molecular weight excluding hydrogens is 198 g/mol. The summed E-state index contributed by atoms with van der Waals surface area (Å²) in [5, 5.41) is 0. The number of benzene rings is 1. The van der Waals surface area contributed by atoms with Crippen LogP contribution < -0.4 is 0 Å². The van der Waals surface area contributed by atoms with Gasteiger partial charge < -0.3 is 4.74 Å². The number of rotatable bonds is 2. The van der Waals surface area contributed by atoms with E-state index >= 15 is 0 Å². The van der Waals surface area contributed by atoms with Gasteiger partial charge in [-0.15, -0.1) is 0 Å². The highest BCUT2D eigenvalue weighted by Crippen LogP contribution is 2.24. The molecule has 1 aliphatic rings. The minimum absolute atomic E-state index is 0.196.